The summed E-state index contributed by atoms with van der Waals surface area (Å²) in [5, 5.41) is 4.70. The molecule has 3 rings (SSSR count). The van der Waals surface area contributed by atoms with Crippen LogP contribution in [-0.2, 0) is 14.8 Å². The van der Waals surface area contributed by atoms with Gasteiger partial charge in [0, 0.05) is 36.7 Å². The number of amides is 1. The number of likely N-dealkylation sites (tertiary alicyclic amines) is 1. The topological polar surface area (TPSA) is 82.1 Å². The van der Waals surface area contributed by atoms with Crippen molar-refractivity contribution in [3.63, 3.8) is 0 Å². The van der Waals surface area contributed by atoms with E-state index in [1.807, 2.05) is 7.05 Å². The van der Waals surface area contributed by atoms with Gasteiger partial charge >= 0.3 is 0 Å². The van der Waals surface area contributed by atoms with Gasteiger partial charge in [0.15, 0.2) is 0 Å². The molecule has 9 heteroatoms. The number of anilines is 1. The van der Waals surface area contributed by atoms with Crippen LogP contribution in [-0.4, -0.2) is 51.6 Å². The first-order valence-electron chi connectivity index (χ1n) is 9.64. The number of piperidine rings is 1. The van der Waals surface area contributed by atoms with E-state index in [0.717, 1.165) is 35.9 Å². The second-order valence-electron chi connectivity index (χ2n) is 7.27. The van der Waals surface area contributed by atoms with Gasteiger partial charge in [0.05, 0.1) is 10.6 Å². The van der Waals surface area contributed by atoms with E-state index in [0.29, 0.717) is 16.3 Å². The molecule has 1 fully saturated rings. The normalized spacial score (nSPS) is 15.0. The third-order valence-corrected chi connectivity index (χ3v) is 6.96. The van der Waals surface area contributed by atoms with Gasteiger partial charge < -0.3 is 4.90 Å². The smallest absolute Gasteiger partial charge is 0.264 e. The molecule has 2 aromatic carbocycles. The highest BCUT2D eigenvalue weighted by Gasteiger charge is 2.28. The predicted molar refractivity (Wildman–Crippen MR) is 119 cm³/mol. The SMILES string of the molecule is Cc1cc(Cl)ccc1N(CC(=O)NN=C1CCN(C)CC1)S(=O)(=O)c1ccccc1. The van der Waals surface area contributed by atoms with Gasteiger partial charge in [0.25, 0.3) is 15.9 Å². The molecular weight excluding hydrogens is 424 g/mol. The molecule has 0 aliphatic carbocycles. The molecule has 0 radical (unpaired) electrons. The number of aryl methyl sites for hydroxylation is 1. The van der Waals surface area contributed by atoms with Crippen molar-refractivity contribution >= 4 is 38.9 Å². The predicted octanol–water partition coefficient (Wildman–Crippen LogP) is 3.04. The molecule has 1 saturated heterocycles. The number of hydrogen-bond donors (Lipinski definition) is 1. The highest BCUT2D eigenvalue weighted by molar-refractivity contribution is 7.92. The zero-order valence-corrected chi connectivity index (χ0v) is 18.6. The number of nitrogens with zero attached hydrogens (tertiary/aromatic N) is 3. The lowest BCUT2D eigenvalue weighted by molar-refractivity contribution is -0.119. The van der Waals surface area contributed by atoms with Crippen LogP contribution in [0, 0.1) is 6.92 Å². The van der Waals surface area contributed by atoms with E-state index in [-0.39, 0.29) is 4.90 Å². The molecule has 0 aromatic heterocycles. The Morgan fingerprint density at radius 3 is 2.47 bits per heavy atom. The quantitative estimate of drug-likeness (QED) is 0.688. The number of hydrogen-bond acceptors (Lipinski definition) is 5. The highest BCUT2D eigenvalue weighted by Crippen LogP contribution is 2.28. The minimum absolute atomic E-state index is 0.105. The zero-order chi connectivity index (χ0) is 21.7. The van der Waals surface area contributed by atoms with Crippen molar-refractivity contribution in [1.82, 2.24) is 10.3 Å². The summed E-state index contributed by atoms with van der Waals surface area (Å²) in [5.74, 6) is -0.504. The molecule has 1 aliphatic rings. The van der Waals surface area contributed by atoms with Crippen LogP contribution in [0.5, 0.6) is 0 Å². The second-order valence-corrected chi connectivity index (χ2v) is 9.57. The Hall–Kier alpha value is -2.42. The van der Waals surface area contributed by atoms with Crippen LogP contribution in [0.4, 0.5) is 5.69 Å². The maximum absolute atomic E-state index is 13.3. The Balaban J connectivity index is 1.86. The Labute approximate surface area is 182 Å². The number of rotatable bonds is 6. The molecule has 160 valence electrons. The molecule has 0 unspecified atom stereocenters. The molecule has 1 heterocycles. The third kappa shape index (κ3) is 5.38. The molecular formula is C21H25ClN4O3S. The molecule has 30 heavy (non-hydrogen) atoms. The van der Waals surface area contributed by atoms with E-state index < -0.39 is 22.5 Å². The summed E-state index contributed by atoms with van der Waals surface area (Å²) in [6.07, 6.45) is 1.55. The van der Waals surface area contributed by atoms with Crippen molar-refractivity contribution in [2.45, 2.75) is 24.7 Å². The van der Waals surface area contributed by atoms with Crippen molar-refractivity contribution in [3.05, 3.63) is 59.1 Å². The van der Waals surface area contributed by atoms with Gasteiger partial charge in [-0.15, -0.1) is 0 Å². The number of carbonyl (C=O) groups is 1. The van der Waals surface area contributed by atoms with Crippen LogP contribution in [0.1, 0.15) is 18.4 Å². The van der Waals surface area contributed by atoms with Crippen molar-refractivity contribution in [2.75, 3.05) is 31.0 Å². The maximum Gasteiger partial charge on any atom is 0.264 e. The molecule has 1 N–H and O–H groups in total. The standard InChI is InChI=1S/C21H25ClN4O3S/c1-16-14-17(22)8-9-20(16)26(30(28,29)19-6-4-3-5-7-19)15-21(27)24-23-18-10-12-25(2)13-11-18/h3-9,14H,10-13,15H2,1-2H3,(H,24,27). The van der Waals surface area contributed by atoms with E-state index >= 15 is 0 Å². The Kier molecular flexibility index (Phi) is 7.12. The van der Waals surface area contributed by atoms with E-state index in [2.05, 4.69) is 15.4 Å². The van der Waals surface area contributed by atoms with Crippen molar-refractivity contribution in [2.24, 2.45) is 5.10 Å². The summed E-state index contributed by atoms with van der Waals surface area (Å²) < 4.78 is 27.7. The Bertz CT molecular complexity index is 1030. The number of hydrazone groups is 1. The van der Waals surface area contributed by atoms with E-state index in [4.69, 9.17) is 11.6 Å². The van der Waals surface area contributed by atoms with Gasteiger partial charge in [-0.2, -0.15) is 5.10 Å². The van der Waals surface area contributed by atoms with Crippen LogP contribution in [0.25, 0.3) is 0 Å². The highest BCUT2D eigenvalue weighted by atomic mass is 35.5. The summed E-state index contributed by atoms with van der Waals surface area (Å²) in [6.45, 7) is 3.13. The average molecular weight is 449 g/mol. The molecule has 7 nitrogen and oxygen atoms in total. The van der Waals surface area contributed by atoms with Gasteiger partial charge in [0.2, 0.25) is 0 Å². The third-order valence-electron chi connectivity index (χ3n) is 4.95. The van der Waals surface area contributed by atoms with E-state index in [1.165, 1.54) is 12.1 Å². The van der Waals surface area contributed by atoms with Gasteiger partial charge in [0.1, 0.15) is 6.54 Å². The fourth-order valence-electron chi connectivity index (χ4n) is 3.21. The van der Waals surface area contributed by atoms with Crippen molar-refractivity contribution < 1.29 is 13.2 Å². The van der Waals surface area contributed by atoms with Crippen LogP contribution >= 0.6 is 11.6 Å². The number of halogens is 1. The lowest BCUT2D eigenvalue weighted by atomic mass is 10.1. The minimum atomic E-state index is -3.96. The minimum Gasteiger partial charge on any atom is -0.306 e. The monoisotopic (exact) mass is 448 g/mol. The number of benzene rings is 2. The fraction of sp³-hybridized carbons (Fsp3) is 0.333. The summed E-state index contributed by atoms with van der Waals surface area (Å²) in [6, 6.07) is 12.9. The van der Waals surface area contributed by atoms with E-state index in [9.17, 15) is 13.2 Å². The van der Waals surface area contributed by atoms with Gasteiger partial charge in [-0.25, -0.2) is 13.8 Å². The molecule has 0 bridgehead atoms. The summed E-state index contributed by atoms with van der Waals surface area (Å²) in [5.41, 5.74) is 4.47. The van der Waals surface area contributed by atoms with Gasteiger partial charge in [-0.05, 0) is 49.9 Å². The first-order chi connectivity index (χ1) is 14.3. The molecule has 0 saturated carbocycles. The van der Waals surface area contributed by atoms with Gasteiger partial charge in [-0.3, -0.25) is 9.10 Å². The average Bonchev–Trinajstić information content (AvgIpc) is 2.73. The lowest BCUT2D eigenvalue weighted by Crippen LogP contribution is -2.40. The summed E-state index contributed by atoms with van der Waals surface area (Å²) in [7, 11) is -1.92. The number of carbonyl (C=O) groups excluding carboxylic acids is 1. The largest absolute Gasteiger partial charge is 0.306 e. The number of sulfonamides is 1. The second kappa shape index (κ2) is 9.59. The lowest BCUT2D eigenvalue weighted by Gasteiger charge is -2.26. The van der Waals surface area contributed by atoms with Gasteiger partial charge in [-0.1, -0.05) is 29.8 Å². The van der Waals surface area contributed by atoms with Crippen molar-refractivity contribution in [3.8, 4) is 0 Å². The first kappa shape index (κ1) is 22.3. The summed E-state index contributed by atoms with van der Waals surface area (Å²) >= 11 is 6.04. The van der Waals surface area contributed by atoms with Crippen LogP contribution in [0.2, 0.25) is 5.02 Å². The summed E-state index contributed by atoms with van der Waals surface area (Å²) in [4.78, 5) is 14.9. The molecule has 1 amide bonds. The van der Waals surface area contributed by atoms with E-state index in [1.54, 1.807) is 43.3 Å². The number of nitrogens with one attached hydrogen (secondary N) is 1. The molecule has 2 aromatic rings. The van der Waals surface area contributed by atoms with Crippen LogP contribution in [0.3, 0.4) is 0 Å². The van der Waals surface area contributed by atoms with Crippen molar-refractivity contribution in [1.29, 1.82) is 0 Å². The molecule has 0 atom stereocenters. The zero-order valence-electron chi connectivity index (χ0n) is 17.0. The molecule has 0 spiro atoms. The first-order valence-corrected chi connectivity index (χ1v) is 11.5. The Morgan fingerprint density at radius 2 is 1.83 bits per heavy atom. The Morgan fingerprint density at radius 1 is 1.17 bits per heavy atom. The van der Waals surface area contributed by atoms with Crippen LogP contribution in [0.15, 0.2) is 58.5 Å². The maximum atomic E-state index is 13.3. The van der Waals surface area contributed by atoms with Crippen LogP contribution < -0.4 is 9.73 Å². The fourth-order valence-corrected chi connectivity index (χ4v) is 4.95. The molecule has 1 aliphatic heterocycles.